The topological polar surface area (TPSA) is 75.6 Å². The molecule has 0 bridgehead atoms. The smallest absolute Gasteiger partial charge is 0.305 e. The van der Waals surface area contributed by atoms with E-state index in [0.717, 1.165) is 0 Å². The van der Waals surface area contributed by atoms with E-state index in [-0.39, 0.29) is 12.3 Å². The van der Waals surface area contributed by atoms with Crippen molar-refractivity contribution in [2.45, 2.75) is 12.5 Å². The fourth-order valence-corrected chi connectivity index (χ4v) is 2.25. The van der Waals surface area contributed by atoms with Crippen molar-refractivity contribution < 1.29 is 19.4 Å². The molecule has 0 aromatic heterocycles. The highest BCUT2D eigenvalue weighted by atomic mass is 35.5. The highest BCUT2D eigenvalue weighted by Crippen LogP contribution is 2.21. The molecule has 23 heavy (non-hydrogen) atoms. The van der Waals surface area contributed by atoms with Crippen molar-refractivity contribution in [1.29, 1.82) is 0 Å². The Balaban J connectivity index is 2.21. The van der Waals surface area contributed by atoms with E-state index in [9.17, 15) is 9.59 Å². The molecule has 6 heteroatoms. The Morgan fingerprint density at radius 2 is 1.91 bits per heavy atom. The van der Waals surface area contributed by atoms with E-state index < -0.39 is 12.0 Å². The molecule has 0 spiro atoms. The number of hydrogen-bond donors (Lipinski definition) is 2. The maximum atomic E-state index is 12.4. The average Bonchev–Trinajstić information content (AvgIpc) is 2.54. The number of aliphatic carboxylic acids is 1. The molecule has 0 saturated heterocycles. The van der Waals surface area contributed by atoms with Gasteiger partial charge in [-0.1, -0.05) is 29.8 Å². The number of carboxylic acids is 1. The number of hydrogen-bond acceptors (Lipinski definition) is 3. The van der Waals surface area contributed by atoms with Gasteiger partial charge in [-0.25, -0.2) is 0 Å². The maximum Gasteiger partial charge on any atom is 0.305 e. The molecule has 0 fully saturated rings. The molecule has 0 saturated carbocycles. The van der Waals surface area contributed by atoms with Crippen LogP contribution < -0.4 is 10.1 Å². The molecule has 2 N–H and O–H groups in total. The number of carbonyl (C=O) groups is 2. The fourth-order valence-electron chi connectivity index (χ4n) is 2.13. The van der Waals surface area contributed by atoms with Gasteiger partial charge in [-0.3, -0.25) is 9.59 Å². The summed E-state index contributed by atoms with van der Waals surface area (Å²) in [5, 5.41) is 12.3. The van der Waals surface area contributed by atoms with Gasteiger partial charge >= 0.3 is 5.97 Å². The molecule has 0 radical (unpaired) electrons. The third-order valence-corrected chi connectivity index (χ3v) is 3.54. The molecule has 5 nitrogen and oxygen atoms in total. The van der Waals surface area contributed by atoms with E-state index in [1.807, 2.05) is 0 Å². The van der Waals surface area contributed by atoms with E-state index in [0.29, 0.717) is 21.9 Å². The number of amides is 1. The van der Waals surface area contributed by atoms with Crippen LogP contribution in [0.15, 0.2) is 48.5 Å². The van der Waals surface area contributed by atoms with Crippen molar-refractivity contribution in [1.82, 2.24) is 5.32 Å². The molecule has 0 aliphatic carbocycles. The summed E-state index contributed by atoms with van der Waals surface area (Å²) in [4.78, 5) is 23.4. The van der Waals surface area contributed by atoms with E-state index in [1.165, 1.54) is 7.11 Å². The first-order valence-electron chi connectivity index (χ1n) is 6.92. The maximum absolute atomic E-state index is 12.4. The molecule has 0 aliphatic heterocycles. The predicted molar refractivity (Wildman–Crippen MR) is 86.9 cm³/mol. The van der Waals surface area contributed by atoms with E-state index in [4.69, 9.17) is 21.4 Å². The summed E-state index contributed by atoms with van der Waals surface area (Å²) >= 11 is 5.84. The minimum Gasteiger partial charge on any atom is -0.497 e. The molecule has 0 heterocycles. The summed E-state index contributed by atoms with van der Waals surface area (Å²) in [7, 11) is 1.51. The number of methoxy groups -OCH3 is 1. The number of benzene rings is 2. The molecule has 120 valence electrons. The average molecular weight is 334 g/mol. The lowest BCUT2D eigenvalue weighted by molar-refractivity contribution is -0.137. The van der Waals surface area contributed by atoms with Gasteiger partial charge < -0.3 is 15.2 Å². The molecular formula is C17H16ClNO4. The number of carbonyl (C=O) groups excluding carboxylic acids is 1. The zero-order chi connectivity index (χ0) is 16.8. The summed E-state index contributed by atoms with van der Waals surface area (Å²) in [6, 6.07) is 12.7. The zero-order valence-corrected chi connectivity index (χ0v) is 13.2. The van der Waals surface area contributed by atoms with Gasteiger partial charge in [0.2, 0.25) is 0 Å². The largest absolute Gasteiger partial charge is 0.497 e. The summed E-state index contributed by atoms with van der Waals surface area (Å²) in [6.45, 7) is 0. The second-order valence-electron chi connectivity index (χ2n) is 4.91. The Bertz CT molecular complexity index is 700. The van der Waals surface area contributed by atoms with Gasteiger partial charge in [0, 0.05) is 10.6 Å². The normalized spacial score (nSPS) is 11.6. The van der Waals surface area contributed by atoms with Gasteiger partial charge in [0.25, 0.3) is 5.91 Å². The number of nitrogens with one attached hydrogen (secondary N) is 1. The summed E-state index contributed by atoms with van der Waals surface area (Å²) in [5.41, 5.74) is 1.07. The lowest BCUT2D eigenvalue weighted by atomic mass is 10.0. The Labute approximate surface area is 138 Å². The minimum atomic E-state index is -1.00. The number of halogens is 1. The molecule has 2 rings (SSSR count). The van der Waals surface area contributed by atoms with Crippen molar-refractivity contribution in [3.8, 4) is 5.75 Å². The zero-order valence-electron chi connectivity index (χ0n) is 12.5. The predicted octanol–water partition coefficient (Wildman–Crippen LogP) is 3.29. The van der Waals surface area contributed by atoms with Crippen LogP contribution in [0.4, 0.5) is 0 Å². The Hall–Kier alpha value is -2.53. The molecule has 0 unspecified atom stereocenters. The van der Waals surface area contributed by atoms with Gasteiger partial charge in [-0.05, 0) is 35.9 Å². The standard InChI is InChI=1S/C17H16ClNO4/c1-23-14-4-2-3-12(9-14)17(22)19-15(10-16(20)21)11-5-7-13(18)8-6-11/h2-9,15H,10H2,1H3,(H,19,22)(H,20,21)/t15-/m0/s1. The highest BCUT2D eigenvalue weighted by Gasteiger charge is 2.19. The van der Waals surface area contributed by atoms with E-state index in [1.54, 1.807) is 48.5 Å². The van der Waals surface area contributed by atoms with Crippen molar-refractivity contribution in [2.75, 3.05) is 7.11 Å². The number of carboxylic acid groups (broad SMARTS) is 1. The lowest BCUT2D eigenvalue weighted by Crippen LogP contribution is -2.30. The second kappa shape index (κ2) is 7.65. The lowest BCUT2D eigenvalue weighted by Gasteiger charge is -2.18. The third kappa shape index (κ3) is 4.72. The first-order valence-corrected chi connectivity index (χ1v) is 7.29. The summed E-state index contributed by atoms with van der Waals surface area (Å²) in [6.07, 6.45) is -0.225. The van der Waals surface area contributed by atoms with E-state index in [2.05, 4.69) is 5.32 Å². The summed E-state index contributed by atoms with van der Waals surface area (Å²) < 4.78 is 5.08. The van der Waals surface area contributed by atoms with Crippen LogP contribution in [0.25, 0.3) is 0 Å². The summed E-state index contributed by atoms with van der Waals surface area (Å²) in [5.74, 6) is -0.820. The Kier molecular flexibility index (Phi) is 5.60. The van der Waals surface area contributed by atoms with Crippen molar-refractivity contribution in [3.05, 3.63) is 64.7 Å². The molecule has 2 aromatic carbocycles. The van der Waals surface area contributed by atoms with Crippen LogP contribution in [-0.2, 0) is 4.79 Å². The minimum absolute atomic E-state index is 0.225. The van der Waals surface area contributed by atoms with Crippen LogP contribution in [-0.4, -0.2) is 24.1 Å². The van der Waals surface area contributed by atoms with Crippen LogP contribution in [0.2, 0.25) is 5.02 Å². The first kappa shape index (κ1) is 16.8. The number of ether oxygens (including phenoxy) is 1. The van der Waals surface area contributed by atoms with Gasteiger partial charge in [0.15, 0.2) is 0 Å². The van der Waals surface area contributed by atoms with Crippen LogP contribution >= 0.6 is 11.6 Å². The Morgan fingerprint density at radius 3 is 2.52 bits per heavy atom. The Morgan fingerprint density at radius 1 is 1.22 bits per heavy atom. The van der Waals surface area contributed by atoms with Crippen LogP contribution in [0.1, 0.15) is 28.4 Å². The molecule has 1 amide bonds. The third-order valence-electron chi connectivity index (χ3n) is 3.29. The van der Waals surface area contributed by atoms with Crippen molar-refractivity contribution in [2.24, 2.45) is 0 Å². The molecule has 1 atom stereocenters. The van der Waals surface area contributed by atoms with Crippen LogP contribution in [0.5, 0.6) is 5.75 Å². The van der Waals surface area contributed by atoms with Crippen molar-refractivity contribution in [3.63, 3.8) is 0 Å². The van der Waals surface area contributed by atoms with E-state index >= 15 is 0 Å². The van der Waals surface area contributed by atoms with Gasteiger partial charge in [-0.15, -0.1) is 0 Å². The SMILES string of the molecule is COc1cccc(C(=O)N[C@@H](CC(=O)O)c2ccc(Cl)cc2)c1. The van der Waals surface area contributed by atoms with Crippen LogP contribution in [0.3, 0.4) is 0 Å². The van der Waals surface area contributed by atoms with Gasteiger partial charge in [0.1, 0.15) is 5.75 Å². The monoisotopic (exact) mass is 333 g/mol. The molecule has 2 aromatic rings. The van der Waals surface area contributed by atoms with Crippen LogP contribution in [0, 0.1) is 0 Å². The van der Waals surface area contributed by atoms with Crippen molar-refractivity contribution >= 4 is 23.5 Å². The van der Waals surface area contributed by atoms with Gasteiger partial charge in [-0.2, -0.15) is 0 Å². The highest BCUT2D eigenvalue weighted by molar-refractivity contribution is 6.30. The molecular weight excluding hydrogens is 318 g/mol. The quantitative estimate of drug-likeness (QED) is 0.850. The second-order valence-corrected chi connectivity index (χ2v) is 5.34. The number of rotatable bonds is 6. The molecule has 0 aliphatic rings. The fraction of sp³-hybridized carbons (Fsp3) is 0.176. The van der Waals surface area contributed by atoms with Gasteiger partial charge in [0.05, 0.1) is 19.6 Å². The first-order chi connectivity index (χ1) is 11.0.